The van der Waals surface area contributed by atoms with Crippen LogP contribution in [-0.4, -0.2) is 18.1 Å². The SMILES string of the molecule is CC1(c2nc3c(s2)CCCC3CN)CCCO1. The lowest BCUT2D eigenvalue weighted by Crippen LogP contribution is -2.21. The zero-order valence-corrected chi connectivity index (χ0v) is 11.2. The second-order valence-corrected chi connectivity index (χ2v) is 6.42. The van der Waals surface area contributed by atoms with Crippen LogP contribution in [0.15, 0.2) is 0 Å². The number of nitrogens with two attached hydrogens (primary N) is 1. The first kappa shape index (κ1) is 11.6. The Bertz CT molecular complexity index is 410. The van der Waals surface area contributed by atoms with Crippen molar-refractivity contribution in [2.24, 2.45) is 5.73 Å². The average molecular weight is 252 g/mol. The molecule has 0 bridgehead atoms. The van der Waals surface area contributed by atoms with E-state index in [1.807, 2.05) is 11.3 Å². The van der Waals surface area contributed by atoms with Gasteiger partial charge in [-0.05, 0) is 39.0 Å². The van der Waals surface area contributed by atoms with Crippen LogP contribution in [-0.2, 0) is 16.8 Å². The van der Waals surface area contributed by atoms with Crippen LogP contribution in [0.3, 0.4) is 0 Å². The molecule has 3 rings (SSSR count). The maximum atomic E-state index is 5.89. The van der Waals surface area contributed by atoms with Gasteiger partial charge in [-0.1, -0.05) is 0 Å². The molecule has 2 N–H and O–H groups in total. The number of aromatic nitrogens is 1. The second-order valence-electron chi connectivity index (χ2n) is 5.34. The molecule has 2 aliphatic rings. The zero-order chi connectivity index (χ0) is 11.9. The summed E-state index contributed by atoms with van der Waals surface area (Å²) in [5.41, 5.74) is 7.00. The molecule has 17 heavy (non-hydrogen) atoms. The lowest BCUT2D eigenvalue weighted by molar-refractivity contribution is 0.0165. The number of ether oxygens (including phenoxy) is 1. The molecule has 1 saturated heterocycles. The highest BCUT2D eigenvalue weighted by atomic mass is 32.1. The highest BCUT2D eigenvalue weighted by Gasteiger charge is 2.37. The van der Waals surface area contributed by atoms with Crippen molar-refractivity contribution in [2.75, 3.05) is 13.2 Å². The minimum absolute atomic E-state index is 0.124. The monoisotopic (exact) mass is 252 g/mol. The van der Waals surface area contributed by atoms with Gasteiger partial charge >= 0.3 is 0 Å². The number of fused-ring (bicyclic) bond motifs is 1. The Morgan fingerprint density at radius 3 is 3.12 bits per heavy atom. The number of rotatable bonds is 2. The summed E-state index contributed by atoms with van der Waals surface area (Å²) in [5, 5.41) is 1.18. The van der Waals surface area contributed by atoms with Crippen LogP contribution in [0, 0.1) is 0 Å². The largest absolute Gasteiger partial charge is 0.368 e. The molecule has 94 valence electrons. The lowest BCUT2D eigenvalue weighted by atomic mass is 9.91. The molecule has 1 aromatic rings. The van der Waals surface area contributed by atoms with Crippen LogP contribution in [0.4, 0.5) is 0 Å². The minimum Gasteiger partial charge on any atom is -0.368 e. The Morgan fingerprint density at radius 1 is 1.53 bits per heavy atom. The van der Waals surface area contributed by atoms with E-state index < -0.39 is 0 Å². The van der Waals surface area contributed by atoms with E-state index in [2.05, 4.69) is 6.92 Å². The number of aryl methyl sites for hydroxylation is 1. The number of thiazole rings is 1. The van der Waals surface area contributed by atoms with Crippen LogP contribution in [0.2, 0.25) is 0 Å². The maximum absolute atomic E-state index is 5.89. The van der Waals surface area contributed by atoms with Crippen molar-refractivity contribution in [3.8, 4) is 0 Å². The molecule has 1 aliphatic carbocycles. The Balaban J connectivity index is 1.95. The Kier molecular flexibility index (Phi) is 2.97. The molecular formula is C13H20N2OS. The van der Waals surface area contributed by atoms with E-state index in [1.54, 1.807) is 0 Å². The Hall–Kier alpha value is -0.450. The van der Waals surface area contributed by atoms with Gasteiger partial charge in [0.25, 0.3) is 0 Å². The van der Waals surface area contributed by atoms with Gasteiger partial charge in [-0.3, -0.25) is 0 Å². The molecule has 0 radical (unpaired) electrons. The fourth-order valence-corrected chi connectivity index (χ4v) is 4.23. The van der Waals surface area contributed by atoms with Gasteiger partial charge in [0, 0.05) is 23.9 Å². The van der Waals surface area contributed by atoms with Crippen molar-refractivity contribution in [3.63, 3.8) is 0 Å². The average Bonchev–Trinajstić information content (AvgIpc) is 2.95. The summed E-state index contributed by atoms with van der Waals surface area (Å²) in [6, 6.07) is 0. The van der Waals surface area contributed by atoms with Gasteiger partial charge in [0.05, 0.1) is 5.69 Å². The molecule has 0 spiro atoms. The molecular weight excluding hydrogens is 232 g/mol. The molecule has 1 aliphatic heterocycles. The van der Waals surface area contributed by atoms with Gasteiger partial charge in [-0.2, -0.15) is 0 Å². The molecule has 0 aromatic carbocycles. The van der Waals surface area contributed by atoms with E-state index in [-0.39, 0.29) is 5.60 Å². The van der Waals surface area contributed by atoms with E-state index in [0.29, 0.717) is 5.92 Å². The van der Waals surface area contributed by atoms with Crippen molar-refractivity contribution in [1.29, 1.82) is 0 Å². The predicted molar refractivity (Wildman–Crippen MR) is 69.4 cm³/mol. The van der Waals surface area contributed by atoms with Gasteiger partial charge in [0.15, 0.2) is 0 Å². The van der Waals surface area contributed by atoms with Gasteiger partial charge < -0.3 is 10.5 Å². The summed E-state index contributed by atoms with van der Waals surface area (Å²) in [7, 11) is 0. The van der Waals surface area contributed by atoms with Crippen molar-refractivity contribution >= 4 is 11.3 Å². The molecule has 2 atom stereocenters. The fourth-order valence-electron chi connectivity index (χ4n) is 2.91. The molecule has 2 heterocycles. The summed E-state index contributed by atoms with van der Waals surface area (Å²) in [6.45, 7) is 3.79. The fraction of sp³-hybridized carbons (Fsp3) is 0.769. The molecule has 2 unspecified atom stereocenters. The minimum atomic E-state index is -0.124. The van der Waals surface area contributed by atoms with Gasteiger partial charge in [0.1, 0.15) is 10.6 Å². The zero-order valence-electron chi connectivity index (χ0n) is 10.4. The standard InChI is InChI=1S/C13H20N2OS/c1-13(6-3-7-16-13)12-15-11-9(8-14)4-2-5-10(11)17-12/h9H,2-8,14H2,1H3. The van der Waals surface area contributed by atoms with Crippen LogP contribution in [0.1, 0.15) is 54.1 Å². The summed E-state index contributed by atoms with van der Waals surface area (Å²) in [5.74, 6) is 0.480. The molecule has 0 saturated carbocycles. The third-order valence-corrected chi connectivity index (χ3v) is 5.40. The summed E-state index contributed by atoms with van der Waals surface area (Å²) >= 11 is 1.86. The van der Waals surface area contributed by atoms with Gasteiger partial charge in [-0.25, -0.2) is 4.98 Å². The third-order valence-electron chi connectivity index (χ3n) is 4.03. The van der Waals surface area contributed by atoms with Crippen LogP contribution < -0.4 is 5.73 Å². The van der Waals surface area contributed by atoms with E-state index in [9.17, 15) is 0 Å². The number of nitrogens with zero attached hydrogens (tertiary/aromatic N) is 1. The molecule has 1 fully saturated rings. The predicted octanol–water partition coefficient (Wildman–Crippen LogP) is 2.55. The molecule has 3 nitrogen and oxygen atoms in total. The lowest BCUT2D eigenvalue weighted by Gasteiger charge is -2.20. The van der Waals surface area contributed by atoms with Gasteiger partial charge in [0.2, 0.25) is 0 Å². The molecule has 0 amide bonds. The smallest absolute Gasteiger partial charge is 0.125 e. The van der Waals surface area contributed by atoms with Crippen LogP contribution in [0.5, 0.6) is 0 Å². The summed E-state index contributed by atoms with van der Waals surface area (Å²) < 4.78 is 5.89. The van der Waals surface area contributed by atoms with Gasteiger partial charge in [-0.15, -0.1) is 11.3 Å². The van der Waals surface area contributed by atoms with Crippen LogP contribution >= 0.6 is 11.3 Å². The summed E-state index contributed by atoms with van der Waals surface area (Å²) in [6.07, 6.45) is 5.89. The number of hydrogen-bond acceptors (Lipinski definition) is 4. The topological polar surface area (TPSA) is 48.1 Å². The molecule has 1 aromatic heterocycles. The van der Waals surface area contributed by atoms with Crippen molar-refractivity contribution in [1.82, 2.24) is 4.98 Å². The first-order valence-electron chi connectivity index (χ1n) is 6.57. The van der Waals surface area contributed by atoms with E-state index in [4.69, 9.17) is 15.5 Å². The molecule has 4 heteroatoms. The Morgan fingerprint density at radius 2 is 2.41 bits per heavy atom. The highest BCUT2D eigenvalue weighted by Crippen LogP contribution is 2.42. The first-order chi connectivity index (χ1) is 8.23. The normalized spacial score (nSPS) is 32.7. The second kappa shape index (κ2) is 4.34. The number of hydrogen-bond donors (Lipinski definition) is 1. The van der Waals surface area contributed by atoms with E-state index in [1.165, 1.54) is 34.8 Å². The van der Waals surface area contributed by atoms with Crippen molar-refractivity contribution in [2.45, 2.75) is 50.5 Å². The first-order valence-corrected chi connectivity index (χ1v) is 7.39. The van der Waals surface area contributed by atoms with Crippen molar-refractivity contribution in [3.05, 3.63) is 15.6 Å². The van der Waals surface area contributed by atoms with E-state index >= 15 is 0 Å². The Labute approximate surface area is 106 Å². The third kappa shape index (κ3) is 1.92. The summed E-state index contributed by atoms with van der Waals surface area (Å²) in [4.78, 5) is 6.33. The van der Waals surface area contributed by atoms with Crippen LogP contribution in [0.25, 0.3) is 0 Å². The van der Waals surface area contributed by atoms with E-state index in [0.717, 1.165) is 26.0 Å². The quantitative estimate of drug-likeness (QED) is 0.880. The highest BCUT2D eigenvalue weighted by molar-refractivity contribution is 7.11. The maximum Gasteiger partial charge on any atom is 0.125 e. The van der Waals surface area contributed by atoms with Crippen molar-refractivity contribution < 1.29 is 4.74 Å².